The number of carbonyl (C=O) groups is 1. The normalized spacial score (nSPS) is 15.3. The van der Waals surface area contributed by atoms with Gasteiger partial charge in [-0.1, -0.05) is 29.8 Å². The van der Waals surface area contributed by atoms with Crippen LogP contribution in [0.3, 0.4) is 0 Å². The molecule has 5 heteroatoms. The zero-order chi connectivity index (χ0) is 17.6. The summed E-state index contributed by atoms with van der Waals surface area (Å²) in [4.78, 5) is 14.9. The summed E-state index contributed by atoms with van der Waals surface area (Å²) in [5.41, 5.74) is 4.18. The first kappa shape index (κ1) is 17.7. The molecule has 25 heavy (non-hydrogen) atoms. The molecule has 1 amide bonds. The fourth-order valence-corrected chi connectivity index (χ4v) is 3.11. The molecule has 0 bridgehead atoms. The van der Waals surface area contributed by atoms with Gasteiger partial charge in [-0.15, -0.1) is 0 Å². The second-order valence-electron chi connectivity index (χ2n) is 6.48. The number of hydrogen-bond donors (Lipinski definition) is 1. The van der Waals surface area contributed by atoms with Crippen molar-refractivity contribution in [2.45, 2.75) is 20.4 Å². The van der Waals surface area contributed by atoms with Crippen LogP contribution in [-0.2, 0) is 11.3 Å². The third-order valence-electron chi connectivity index (χ3n) is 4.67. The highest BCUT2D eigenvalue weighted by Gasteiger charge is 2.15. The zero-order valence-electron chi connectivity index (χ0n) is 15.1. The number of ether oxygens (including phenoxy) is 1. The Morgan fingerprint density at radius 1 is 1.16 bits per heavy atom. The van der Waals surface area contributed by atoms with Gasteiger partial charge in [-0.2, -0.15) is 0 Å². The van der Waals surface area contributed by atoms with E-state index in [2.05, 4.69) is 54.5 Å². The van der Waals surface area contributed by atoms with Gasteiger partial charge in [-0.3, -0.25) is 9.69 Å². The number of aromatic nitrogens is 1. The van der Waals surface area contributed by atoms with E-state index in [1.54, 1.807) is 0 Å². The third kappa shape index (κ3) is 4.50. The average molecular weight is 341 g/mol. The summed E-state index contributed by atoms with van der Waals surface area (Å²) in [7, 11) is 0. The molecule has 0 atom stereocenters. The lowest BCUT2D eigenvalue weighted by atomic mass is 10.1. The molecule has 5 nitrogen and oxygen atoms in total. The van der Waals surface area contributed by atoms with Crippen molar-refractivity contribution in [3.05, 3.63) is 47.8 Å². The number of benzene rings is 1. The number of carbonyl (C=O) groups excluding carboxylic acids is 1. The van der Waals surface area contributed by atoms with Crippen LogP contribution in [0.5, 0.6) is 0 Å². The van der Waals surface area contributed by atoms with Gasteiger partial charge in [0.1, 0.15) is 5.69 Å². The van der Waals surface area contributed by atoms with Gasteiger partial charge >= 0.3 is 0 Å². The maximum absolute atomic E-state index is 12.6. The topological polar surface area (TPSA) is 46.5 Å². The molecule has 1 N–H and O–H groups in total. The van der Waals surface area contributed by atoms with Crippen LogP contribution in [0.25, 0.3) is 11.1 Å². The molecule has 0 aliphatic carbocycles. The summed E-state index contributed by atoms with van der Waals surface area (Å²) in [5.74, 6) is -0.00605. The molecular weight excluding hydrogens is 314 g/mol. The van der Waals surface area contributed by atoms with Crippen LogP contribution in [0.15, 0.2) is 36.5 Å². The number of morpholine rings is 1. The molecule has 1 aliphatic heterocycles. The second kappa shape index (κ2) is 8.32. The van der Waals surface area contributed by atoms with Gasteiger partial charge in [0.2, 0.25) is 0 Å². The summed E-state index contributed by atoms with van der Waals surface area (Å²) in [6, 6.07) is 10.4. The Labute approximate surface area is 149 Å². The van der Waals surface area contributed by atoms with E-state index >= 15 is 0 Å². The third-order valence-corrected chi connectivity index (χ3v) is 4.67. The van der Waals surface area contributed by atoms with Gasteiger partial charge < -0.3 is 14.6 Å². The van der Waals surface area contributed by atoms with Crippen molar-refractivity contribution in [2.24, 2.45) is 0 Å². The Bertz CT molecular complexity index is 700. The van der Waals surface area contributed by atoms with Gasteiger partial charge in [0.25, 0.3) is 5.91 Å². The van der Waals surface area contributed by atoms with Crippen LogP contribution < -0.4 is 5.32 Å². The lowest BCUT2D eigenvalue weighted by Gasteiger charge is -2.26. The van der Waals surface area contributed by atoms with Crippen molar-refractivity contribution in [2.75, 3.05) is 39.4 Å². The molecule has 1 aromatic heterocycles. The second-order valence-corrected chi connectivity index (χ2v) is 6.48. The van der Waals surface area contributed by atoms with Crippen molar-refractivity contribution < 1.29 is 9.53 Å². The Kier molecular flexibility index (Phi) is 5.89. The highest BCUT2D eigenvalue weighted by Crippen LogP contribution is 2.23. The van der Waals surface area contributed by atoms with Crippen LogP contribution in [0, 0.1) is 6.92 Å². The van der Waals surface area contributed by atoms with E-state index in [4.69, 9.17) is 4.74 Å². The van der Waals surface area contributed by atoms with Crippen LogP contribution in [0.4, 0.5) is 0 Å². The fraction of sp³-hybridized carbons (Fsp3) is 0.450. The lowest BCUT2D eigenvalue weighted by Crippen LogP contribution is -2.41. The minimum absolute atomic E-state index is 0.00605. The first-order valence-electron chi connectivity index (χ1n) is 9.03. The summed E-state index contributed by atoms with van der Waals surface area (Å²) in [6.07, 6.45) is 2.06. The standard InChI is InChI=1S/C20H27N3O2/c1-3-23-15-18(17-6-4-16(2)5-7-17)14-19(23)20(24)21-8-9-22-10-12-25-13-11-22/h4-7,14-15H,3,8-13H2,1-2H3,(H,21,24). The minimum Gasteiger partial charge on any atom is -0.379 e. The van der Waals surface area contributed by atoms with E-state index in [-0.39, 0.29) is 5.91 Å². The molecule has 1 aromatic carbocycles. The number of aryl methyl sites for hydroxylation is 2. The summed E-state index contributed by atoms with van der Waals surface area (Å²) >= 11 is 0. The fourth-order valence-electron chi connectivity index (χ4n) is 3.11. The number of nitrogens with zero attached hydrogens (tertiary/aromatic N) is 2. The Hall–Kier alpha value is -2.11. The number of nitrogens with one attached hydrogen (secondary N) is 1. The van der Waals surface area contributed by atoms with Crippen LogP contribution in [0.1, 0.15) is 23.0 Å². The molecule has 0 radical (unpaired) electrons. The zero-order valence-corrected chi connectivity index (χ0v) is 15.1. The molecule has 1 aliphatic rings. The smallest absolute Gasteiger partial charge is 0.267 e. The number of hydrogen-bond acceptors (Lipinski definition) is 3. The molecule has 1 fully saturated rings. The molecule has 2 heterocycles. The van der Waals surface area contributed by atoms with Gasteiger partial charge in [-0.25, -0.2) is 0 Å². The van der Waals surface area contributed by atoms with E-state index < -0.39 is 0 Å². The number of rotatable bonds is 6. The van der Waals surface area contributed by atoms with Gasteiger partial charge in [0, 0.05) is 44.5 Å². The predicted octanol–water partition coefficient (Wildman–Crippen LogP) is 2.55. The molecule has 0 spiro atoms. The van der Waals surface area contributed by atoms with E-state index in [1.807, 2.05) is 10.6 Å². The van der Waals surface area contributed by atoms with Crippen molar-refractivity contribution in [3.8, 4) is 11.1 Å². The van der Waals surface area contributed by atoms with Gasteiger partial charge in [-0.05, 0) is 25.5 Å². The highest BCUT2D eigenvalue weighted by molar-refractivity contribution is 5.94. The van der Waals surface area contributed by atoms with Crippen molar-refractivity contribution in [3.63, 3.8) is 0 Å². The van der Waals surface area contributed by atoms with E-state index in [0.717, 1.165) is 56.2 Å². The number of amides is 1. The quantitative estimate of drug-likeness (QED) is 0.878. The van der Waals surface area contributed by atoms with E-state index in [0.29, 0.717) is 6.54 Å². The van der Waals surface area contributed by atoms with Gasteiger partial charge in [0.15, 0.2) is 0 Å². The van der Waals surface area contributed by atoms with Crippen molar-refractivity contribution in [1.29, 1.82) is 0 Å². The molecule has 0 saturated carbocycles. The predicted molar refractivity (Wildman–Crippen MR) is 99.9 cm³/mol. The molecule has 0 unspecified atom stereocenters. The Morgan fingerprint density at radius 2 is 1.88 bits per heavy atom. The first-order chi connectivity index (χ1) is 12.2. The Balaban J connectivity index is 1.64. The first-order valence-corrected chi connectivity index (χ1v) is 9.03. The summed E-state index contributed by atoms with van der Waals surface area (Å²) < 4.78 is 7.36. The van der Waals surface area contributed by atoms with E-state index in [9.17, 15) is 4.79 Å². The maximum atomic E-state index is 12.6. The summed E-state index contributed by atoms with van der Waals surface area (Å²) in [6.45, 7) is 9.90. The van der Waals surface area contributed by atoms with Crippen molar-refractivity contribution >= 4 is 5.91 Å². The highest BCUT2D eigenvalue weighted by atomic mass is 16.5. The average Bonchev–Trinajstić information content (AvgIpc) is 3.07. The summed E-state index contributed by atoms with van der Waals surface area (Å²) in [5, 5.41) is 3.05. The molecule has 134 valence electrons. The van der Waals surface area contributed by atoms with Gasteiger partial charge in [0.05, 0.1) is 13.2 Å². The molecule has 1 saturated heterocycles. The van der Waals surface area contributed by atoms with Crippen molar-refractivity contribution in [1.82, 2.24) is 14.8 Å². The molecule has 3 rings (SSSR count). The lowest BCUT2D eigenvalue weighted by molar-refractivity contribution is 0.0383. The monoisotopic (exact) mass is 341 g/mol. The molecule has 2 aromatic rings. The maximum Gasteiger partial charge on any atom is 0.267 e. The minimum atomic E-state index is -0.00605. The SMILES string of the molecule is CCn1cc(-c2ccc(C)cc2)cc1C(=O)NCCN1CCOCC1. The molecular formula is C20H27N3O2. The largest absolute Gasteiger partial charge is 0.379 e. The Morgan fingerprint density at radius 3 is 2.56 bits per heavy atom. The van der Waals surface area contributed by atoms with Crippen LogP contribution >= 0.6 is 0 Å². The van der Waals surface area contributed by atoms with E-state index in [1.165, 1.54) is 5.56 Å². The van der Waals surface area contributed by atoms with Crippen LogP contribution in [0.2, 0.25) is 0 Å². The van der Waals surface area contributed by atoms with Crippen LogP contribution in [-0.4, -0.2) is 54.8 Å².